The van der Waals surface area contributed by atoms with Crippen LogP contribution in [0, 0.1) is 0 Å². The van der Waals surface area contributed by atoms with E-state index in [-0.39, 0.29) is 36.7 Å². The number of halogens is 2. The molecule has 1 fully saturated rings. The van der Waals surface area contributed by atoms with Gasteiger partial charge >= 0.3 is 0 Å². The lowest BCUT2D eigenvalue weighted by molar-refractivity contribution is -0.141. The summed E-state index contributed by atoms with van der Waals surface area (Å²) in [5, 5.41) is 4.08. The van der Waals surface area contributed by atoms with Crippen LogP contribution in [0.1, 0.15) is 68.1 Å². The fraction of sp³-hybridized carbons (Fsp3) is 0.355. The first kappa shape index (κ1) is 27.2. The Balaban J connectivity index is 1.60. The highest BCUT2D eigenvalue weighted by atomic mass is 35.5. The van der Waals surface area contributed by atoms with Crippen LogP contribution in [0.3, 0.4) is 0 Å². The molecule has 0 heterocycles. The first-order valence-corrected chi connectivity index (χ1v) is 13.8. The second kappa shape index (κ2) is 13.1. The molecular weight excluding hydrogens is 503 g/mol. The topological polar surface area (TPSA) is 49.4 Å². The van der Waals surface area contributed by atoms with Gasteiger partial charge in [-0.1, -0.05) is 109 Å². The number of nitrogens with zero attached hydrogens (tertiary/aromatic N) is 1. The van der Waals surface area contributed by atoms with Crippen molar-refractivity contribution < 1.29 is 9.59 Å². The molecular formula is C31H34Cl2N2O2. The van der Waals surface area contributed by atoms with Crippen LogP contribution in [0.5, 0.6) is 0 Å². The molecule has 0 spiro atoms. The van der Waals surface area contributed by atoms with Gasteiger partial charge in [-0.05, 0) is 48.6 Å². The van der Waals surface area contributed by atoms with Gasteiger partial charge in [0.05, 0.1) is 10.0 Å². The van der Waals surface area contributed by atoms with Crippen LogP contribution < -0.4 is 5.32 Å². The van der Waals surface area contributed by atoms with Gasteiger partial charge in [-0.25, -0.2) is 0 Å². The fourth-order valence-corrected chi connectivity index (χ4v) is 5.40. The van der Waals surface area contributed by atoms with Crippen molar-refractivity contribution in [2.24, 2.45) is 0 Å². The molecule has 4 rings (SSSR count). The van der Waals surface area contributed by atoms with Gasteiger partial charge in [0.1, 0.15) is 6.04 Å². The molecule has 3 aromatic carbocycles. The van der Waals surface area contributed by atoms with Crippen LogP contribution in [0.25, 0.3) is 0 Å². The molecule has 1 saturated carbocycles. The molecule has 1 aliphatic carbocycles. The lowest BCUT2D eigenvalue weighted by Gasteiger charge is -2.32. The highest BCUT2D eigenvalue weighted by Gasteiger charge is 2.30. The fourth-order valence-electron chi connectivity index (χ4n) is 5.08. The zero-order valence-electron chi connectivity index (χ0n) is 21.2. The van der Waals surface area contributed by atoms with Crippen molar-refractivity contribution in [3.63, 3.8) is 0 Å². The summed E-state index contributed by atoms with van der Waals surface area (Å²) in [7, 11) is 0. The van der Waals surface area contributed by atoms with Crippen LogP contribution in [0.2, 0.25) is 10.0 Å². The molecule has 0 aromatic heterocycles. The van der Waals surface area contributed by atoms with Gasteiger partial charge in [-0.3, -0.25) is 9.59 Å². The zero-order chi connectivity index (χ0) is 26.2. The molecule has 0 radical (unpaired) electrons. The highest BCUT2D eigenvalue weighted by Crippen LogP contribution is 2.30. The standard InChI is InChI=1S/C31H34Cl2N2O2/c1-22(31(37)34-26-15-9-4-10-16-26)35(21-23-17-18-28(32)29(33)19-23)30(36)20-27(24-11-5-2-6-12-24)25-13-7-3-8-14-25/h2-3,5-8,11-14,17-19,22,26-27H,4,9-10,15-16,20-21H2,1H3,(H,34,37)/t22-/m0/s1. The summed E-state index contributed by atoms with van der Waals surface area (Å²) in [6.45, 7) is 2.08. The molecule has 2 amide bonds. The Morgan fingerprint density at radius 1 is 0.865 bits per heavy atom. The minimum atomic E-state index is -0.629. The molecule has 1 N–H and O–H groups in total. The largest absolute Gasteiger partial charge is 0.352 e. The summed E-state index contributed by atoms with van der Waals surface area (Å²) in [4.78, 5) is 29.0. The Bertz CT molecular complexity index is 1140. The lowest BCUT2D eigenvalue weighted by atomic mass is 9.88. The Morgan fingerprint density at radius 2 is 1.46 bits per heavy atom. The lowest BCUT2D eigenvalue weighted by Crippen LogP contribution is -2.50. The van der Waals surface area contributed by atoms with E-state index >= 15 is 0 Å². The van der Waals surface area contributed by atoms with Gasteiger partial charge in [0.25, 0.3) is 0 Å². The number of carbonyl (C=O) groups is 2. The van der Waals surface area contributed by atoms with Gasteiger partial charge in [0.15, 0.2) is 0 Å². The normalized spacial score (nSPS) is 14.8. The number of hydrogen-bond donors (Lipinski definition) is 1. The smallest absolute Gasteiger partial charge is 0.242 e. The first-order chi connectivity index (χ1) is 17.9. The van der Waals surface area contributed by atoms with Crippen LogP contribution in [-0.4, -0.2) is 28.8 Å². The second-order valence-corrected chi connectivity index (χ2v) is 10.7. The van der Waals surface area contributed by atoms with Gasteiger partial charge in [-0.15, -0.1) is 0 Å². The van der Waals surface area contributed by atoms with Crippen molar-refractivity contribution in [1.82, 2.24) is 10.2 Å². The third kappa shape index (κ3) is 7.37. The number of amides is 2. The molecule has 0 saturated heterocycles. The van der Waals surface area contributed by atoms with E-state index in [0.717, 1.165) is 42.4 Å². The highest BCUT2D eigenvalue weighted by molar-refractivity contribution is 6.42. The number of benzene rings is 3. The third-order valence-electron chi connectivity index (χ3n) is 7.24. The monoisotopic (exact) mass is 536 g/mol. The number of hydrogen-bond acceptors (Lipinski definition) is 2. The van der Waals surface area contributed by atoms with Gasteiger partial charge in [0.2, 0.25) is 11.8 Å². The van der Waals surface area contributed by atoms with E-state index in [1.807, 2.05) is 73.7 Å². The Hall–Kier alpha value is -2.82. The maximum atomic E-state index is 14.0. The molecule has 1 atom stereocenters. The van der Waals surface area contributed by atoms with E-state index in [2.05, 4.69) is 5.32 Å². The minimum Gasteiger partial charge on any atom is -0.352 e. The molecule has 6 heteroatoms. The molecule has 3 aromatic rings. The second-order valence-electron chi connectivity index (χ2n) is 9.87. The predicted molar refractivity (Wildman–Crippen MR) is 151 cm³/mol. The van der Waals surface area contributed by atoms with Gasteiger partial charge < -0.3 is 10.2 Å². The number of rotatable bonds is 9. The number of carbonyl (C=O) groups excluding carboxylic acids is 2. The molecule has 37 heavy (non-hydrogen) atoms. The minimum absolute atomic E-state index is 0.0879. The van der Waals surface area contributed by atoms with Crippen molar-refractivity contribution in [3.05, 3.63) is 106 Å². The van der Waals surface area contributed by atoms with Gasteiger partial charge in [0, 0.05) is 24.9 Å². The summed E-state index contributed by atoms with van der Waals surface area (Å²) in [5.41, 5.74) is 2.96. The van der Waals surface area contributed by atoms with Crippen LogP contribution in [0.4, 0.5) is 0 Å². The molecule has 4 nitrogen and oxygen atoms in total. The van der Waals surface area contributed by atoms with Crippen molar-refractivity contribution >= 4 is 35.0 Å². The van der Waals surface area contributed by atoms with E-state index in [9.17, 15) is 9.59 Å². The Labute approximate surface area is 230 Å². The molecule has 0 bridgehead atoms. The SMILES string of the molecule is C[C@@H](C(=O)NC1CCCCC1)N(Cc1ccc(Cl)c(Cl)c1)C(=O)CC(c1ccccc1)c1ccccc1. The van der Waals surface area contributed by atoms with Gasteiger partial charge in [-0.2, -0.15) is 0 Å². The molecule has 0 unspecified atom stereocenters. The van der Waals surface area contributed by atoms with E-state index in [1.54, 1.807) is 17.0 Å². The Kier molecular flexibility index (Phi) is 9.65. The van der Waals surface area contributed by atoms with Crippen LogP contribution >= 0.6 is 23.2 Å². The summed E-state index contributed by atoms with van der Waals surface area (Å²) in [6, 6.07) is 25.0. The van der Waals surface area contributed by atoms with E-state index in [4.69, 9.17) is 23.2 Å². The van der Waals surface area contributed by atoms with Crippen molar-refractivity contribution in [3.8, 4) is 0 Å². The molecule has 1 aliphatic rings. The van der Waals surface area contributed by atoms with E-state index in [0.29, 0.717) is 10.0 Å². The summed E-state index contributed by atoms with van der Waals surface area (Å²) < 4.78 is 0. The van der Waals surface area contributed by atoms with Crippen LogP contribution in [-0.2, 0) is 16.1 Å². The van der Waals surface area contributed by atoms with Crippen molar-refractivity contribution in [2.75, 3.05) is 0 Å². The zero-order valence-corrected chi connectivity index (χ0v) is 22.7. The average molecular weight is 538 g/mol. The third-order valence-corrected chi connectivity index (χ3v) is 7.98. The molecule has 194 valence electrons. The predicted octanol–water partition coefficient (Wildman–Crippen LogP) is 7.38. The van der Waals surface area contributed by atoms with E-state index < -0.39 is 6.04 Å². The van der Waals surface area contributed by atoms with E-state index in [1.165, 1.54) is 6.42 Å². The molecule has 0 aliphatic heterocycles. The van der Waals surface area contributed by atoms with Crippen molar-refractivity contribution in [2.45, 2.75) is 70.0 Å². The van der Waals surface area contributed by atoms with Crippen LogP contribution in [0.15, 0.2) is 78.9 Å². The maximum Gasteiger partial charge on any atom is 0.242 e. The summed E-state index contributed by atoms with van der Waals surface area (Å²) in [6.07, 6.45) is 5.69. The number of nitrogens with one attached hydrogen (secondary N) is 1. The van der Waals surface area contributed by atoms with Crippen molar-refractivity contribution in [1.29, 1.82) is 0 Å². The quantitative estimate of drug-likeness (QED) is 0.310. The summed E-state index contributed by atoms with van der Waals surface area (Å²) in [5.74, 6) is -0.328. The maximum absolute atomic E-state index is 14.0. The average Bonchev–Trinajstić information content (AvgIpc) is 2.93. The summed E-state index contributed by atoms with van der Waals surface area (Å²) >= 11 is 12.4. The first-order valence-electron chi connectivity index (χ1n) is 13.1. The Morgan fingerprint density at radius 3 is 2.03 bits per heavy atom.